The minimum absolute atomic E-state index is 0.748. The number of hydrogen-bond acceptors (Lipinski definition) is 3. The van der Waals surface area contributed by atoms with Crippen LogP contribution in [0.5, 0.6) is 0 Å². The molecule has 0 aliphatic carbocycles. The Morgan fingerprint density at radius 1 is 0.944 bits per heavy atom. The first-order chi connectivity index (χ1) is 8.83. The molecule has 102 valence electrons. The molecule has 1 rings (SSSR count). The Morgan fingerprint density at radius 2 is 1.50 bits per heavy atom. The van der Waals surface area contributed by atoms with Crippen molar-refractivity contribution in [3.63, 3.8) is 0 Å². The van der Waals surface area contributed by atoms with Crippen molar-refractivity contribution >= 4 is 28.5 Å². The average molecular weight is 361 g/mol. The van der Waals surface area contributed by atoms with Crippen LogP contribution in [-0.2, 0) is 0 Å². The molecule has 0 unspecified atom stereocenters. The third-order valence-corrected chi connectivity index (χ3v) is 3.49. The molecule has 1 aromatic rings. The van der Waals surface area contributed by atoms with Gasteiger partial charge in [0.1, 0.15) is 0 Å². The summed E-state index contributed by atoms with van der Waals surface area (Å²) in [7, 11) is 0. The molecule has 0 aromatic carbocycles. The molecular weight excluding hydrogens is 337 g/mol. The molecule has 0 amide bonds. The predicted molar refractivity (Wildman–Crippen MR) is 85.8 cm³/mol. The van der Waals surface area contributed by atoms with Gasteiger partial charge in [0.2, 0.25) is 5.95 Å². The van der Waals surface area contributed by atoms with E-state index in [1.807, 2.05) is 12.4 Å². The minimum atomic E-state index is 0.748. The zero-order chi connectivity index (χ0) is 13.1. The van der Waals surface area contributed by atoms with Gasteiger partial charge in [-0.1, -0.05) is 51.9 Å². The lowest BCUT2D eigenvalue weighted by Crippen LogP contribution is -2.05. The average Bonchev–Trinajstić information content (AvgIpc) is 2.39. The highest BCUT2D eigenvalue weighted by Gasteiger charge is 1.95. The summed E-state index contributed by atoms with van der Waals surface area (Å²) in [6, 6.07) is 0. The lowest BCUT2D eigenvalue weighted by atomic mass is 10.1. The molecule has 18 heavy (non-hydrogen) atoms. The van der Waals surface area contributed by atoms with Crippen molar-refractivity contribution in [1.29, 1.82) is 0 Å². The van der Waals surface area contributed by atoms with E-state index in [9.17, 15) is 0 Å². The monoisotopic (exact) mass is 361 g/mol. The Hall–Kier alpha value is -0.390. The molecule has 0 radical (unpaired) electrons. The topological polar surface area (TPSA) is 37.8 Å². The van der Waals surface area contributed by atoms with Crippen molar-refractivity contribution in [2.75, 3.05) is 11.9 Å². The van der Waals surface area contributed by atoms with Crippen LogP contribution < -0.4 is 5.32 Å². The normalized spacial score (nSPS) is 10.6. The van der Waals surface area contributed by atoms with Gasteiger partial charge in [-0.05, 0) is 29.0 Å². The van der Waals surface area contributed by atoms with Crippen molar-refractivity contribution in [2.24, 2.45) is 0 Å². The summed E-state index contributed by atoms with van der Waals surface area (Å²) >= 11 is 2.21. The summed E-state index contributed by atoms with van der Waals surface area (Å²) in [4.78, 5) is 8.43. The lowest BCUT2D eigenvalue weighted by molar-refractivity contribution is 0.581. The molecule has 0 fully saturated rings. The van der Waals surface area contributed by atoms with Crippen LogP contribution in [0, 0.1) is 3.57 Å². The highest BCUT2D eigenvalue weighted by atomic mass is 127. The van der Waals surface area contributed by atoms with E-state index < -0.39 is 0 Å². The summed E-state index contributed by atoms with van der Waals surface area (Å²) in [5.41, 5.74) is 0. The first kappa shape index (κ1) is 15.7. The van der Waals surface area contributed by atoms with Crippen LogP contribution in [0.15, 0.2) is 12.4 Å². The zero-order valence-electron chi connectivity index (χ0n) is 11.3. The van der Waals surface area contributed by atoms with Crippen molar-refractivity contribution in [1.82, 2.24) is 9.97 Å². The molecule has 1 N–H and O–H groups in total. The van der Waals surface area contributed by atoms with Gasteiger partial charge in [0, 0.05) is 22.5 Å². The molecule has 1 aromatic heterocycles. The molecule has 0 saturated carbocycles. The van der Waals surface area contributed by atoms with Crippen molar-refractivity contribution in [2.45, 2.75) is 58.3 Å². The number of hydrogen-bond donors (Lipinski definition) is 1. The van der Waals surface area contributed by atoms with Crippen molar-refractivity contribution < 1.29 is 0 Å². The Kier molecular flexibility index (Phi) is 9.16. The van der Waals surface area contributed by atoms with Gasteiger partial charge in [0.25, 0.3) is 0 Å². The van der Waals surface area contributed by atoms with E-state index in [4.69, 9.17) is 0 Å². The Bertz CT molecular complexity index is 300. The number of unbranched alkanes of at least 4 members (excludes halogenated alkanes) is 7. The third kappa shape index (κ3) is 7.84. The summed E-state index contributed by atoms with van der Waals surface area (Å²) in [5.74, 6) is 0.748. The SMILES string of the molecule is CCCCCCCCCCNc1ncc(I)cn1. The second-order valence-electron chi connectivity index (χ2n) is 4.63. The molecule has 0 spiro atoms. The van der Waals surface area contributed by atoms with Gasteiger partial charge < -0.3 is 5.32 Å². The van der Waals surface area contributed by atoms with Gasteiger partial charge in [0.05, 0.1) is 0 Å². The molecule has 0 atom stereocenters. The van der Waals surface area contributed by atoms with E-state index in [1.165, 1.54) is 51.4 Å². The number of aromatic nitrogens is 2. The highest BCUT2D eigenvalue weighted by molar-refractivity contribution is 14.1. The maximum atomic E-state index is 4.22. The molecule has 3 nitrogen and oxygen atoms in total. The summed E-state index contributed by atoms with van der Waals surface area (Å²) < 4.78 is 1.07. The standard InChI is InChI=1S/C14H24IN3/c1-2-3-4-5-6-7-8-9-10-16-14-17-11-13(15)12-18-14/h11-12H,2-10H2,1H3,(H,16,17,18). The molecule has 0 aliphatic heterocycles. The van der Waals surface area contributed by atoms with Gasteiger partial charge in [-0.3, -0.25) is 0 Å². The van der Waals surface area contributed by atoms with E-state index in [0.29, 0.717) is 0 Å². The van der Waals surface area contributed by atoms with Crippen LogP contribution in [0.3, 0.4) is 0 Å². The predicted octanol–water partition coefficient (Wildman–Crippen LogP) is 4.63. The fraction of sp³-hybridized carbons (Fsp3) is 0.714. The molecule has 1 heterocycles. The van der Waals surface area contributed by atoms with Gasteiger partial charge >= 0.3 is 0 Å². The summed E-state index contributed by atoms with van der Waals surface area (Å²) in [5, 5.41) is 3.26. The van der Waals surface area contributed by atoms with E-state index in [2.05, 4.69) is 44.8 Å². The number of anilines is 1. The van der Waals surface area contributed by atoms with Gasteiger partial charge in [-0.25, -0.2) is 9.97 Å². The Morgan fingerprint density at radius 3 is 2.11 bits per heavy atom. The van der Waals surface area contributed by atoms with Crippen LogP contribution in [0.25, 0.3) is 0 Å². The van der Waals surface area contributed by atoms with Crippen LogP contribution in [0.4, 0.5) is 5.95 Å². The van der Waals surface area contributed by atoms with E-state index in [1.54, 1.807) is 0 Å². The zero-order valence-corrected chi connectivity index (χ0v) is 13.4. The van der Waals surface area contributed by atoms with E-state index in [-0.39, 0.29) is 0 Å². The Labute approximate surface area is 124 Å². The van der Waals surface area contributed by atoms with Crippen LogP contribution in [0.2, 0.25) is 0 Å². The van der Waals surface area contributed by atoms with E-state index in [0.717, 1.165) is 16.1 Å². The smallest absolute Gasteiger partial charge is 0.222 e. The van der Waals surface area contributed by atoms with Crippen molar-refractivity contribution in [3.05, 3.63) is 16.0 Å². The van der Waals surface area contributed by atoms with Gasteiger partial charge in [-0.2, -0.15) is 0 Å². The quantitative estimate of drug-likeness (QED) is 0.488. The number of nitrogens with zero attached hydrogens (tertiary/aromatic N) is 2. The maximum Gasteiger partial charge on any atom is 0.222 e. The van der Waals surface area contributed by atoms with Gasteiger partial charge in [0.15, 0.2) is 0 Å². The molecular formula is C14H24IN3. The first-order valence-electron chi connectivity index (χ1n) is 7.04. The summed E-state index contributed by atoms with van der Waals surface area (Å²) in [6.45, 7) is 3.24. The number of nitrogens with one attached hydrogen (secondary N) is 1. The largest absolute Gasteiger partial charge is 0.354 e. The van der Waals surface area contributed by atoms with Crippen LogP contribution >= 0.6 is 22.6 Å². The minimum Gasteiger partial charge on any atom is -0.354 e. The lowest BCUT2D eigenvalue weighted by Gasteiger charge is -2.04. The number of halogens is 1. The number of rotatable bonds is 10. The van der Waals surface area contributed by atoms with Crippen molar-refractivity contribution in [3.8, 4) is 0 Å². The second kappa shape index (κ2) is 10.5. The maximum absolute atomic E-state index is 4.22. The van der Waals surface area contributed by atoms with Crippen LogP contribution in [0.1, 0.15) is 58.3 Å². The second-order valence-corrected chi connectivity index (χ2v) is 5.87. The fourth-order valence-electron chi connectivity index (χ4n) is 1.86. The fourth-order valence-corrected chi connectivity index (χ4v) is 2.14. The molecule has 0 bridgehead atoms. The third-order valence-electron chi connectivity index (χ3n) is 2.93. The molecule has 0 saturated heterocycles. The first-order valence-corrected chi connectivity index (χ1v) is 8.12. The van der Waals surface area contributed by atoms with Gasteiger partial charge in [-0.15, -0.1) is 0 Å². The highest BCUT2D eigenvalue weighted by Crippen LogP contribution is 2.08. The molecule has 4 heteroatoms. The summed E-state index contributed by atoms with van der Waals surface area (Å²) in [6.07, 6.45) is 14.5. The van der Waals surface area contributed by atoms with E-state index >= 15 is 0 Å². The Balaban J connectivity index is 1.91. The van der Waals surface area contributed by atoms with Crippen LogP contribution in [-0.4, -0.2) is 16.5 Å². The molecule has 0 aliphatic rings.